The topological polar surface area (TPSA) is 41.5 Å². The Labute approximate surface area is 116 Å². The molecular formula is C16H25NO2. The molecule has 1 atom stereocenters. The maximum atomic E-state index is 11.1. The quantitative estimate of drug-likeness (QED) is 0.829. The molecule has 1 aliphatic carbocycles. The first-order valence-corrected chi connectivity index (χ1v) is 7.08. The molecule has 2 rings (SSSR count). The van der Waals surface area contributed by atoms with E-state index in [9.17, 15) is 5.11 Å². The first kappa shape index (κ1) is 14.4. The van der Waals surface area contributed by atoms with Crippen LogP contribution in [0.4, 0.5) is 0 Å². The zero-order valence-electron chi connectivity index (χ0n) is 12.4. The maximum absolute atomic E-state index is 11.1. The van der Waals surface area contributed by atoms with Crippen molar-refractivity contribution in [3.8, 4) is 5.75 Å². The van der Waals surface area contributed by atoms with Gasteiger partial charge in [0.1, 0.15) is 11.4 Å². The van der Waals surface area contributed by atoms with Crippen molar-refractivity contribution < 1.29 is 9.84 Å². The number of rotatable bonds is 6. The van der Waals surface area contributed by atoms with Crippen LogP contribution in [0, 0.1) is 12.8 Å². The summed E-state index contributed by atoms with van der Waals surface area (Å²) in [6.07, 6.45) is 2.44. The van der Waals surface area contributed by atoms with Gasteiger partial charge in [-0.15, -0.1) is 0 Å². The summed E-state index contributed by atoms with van der Waals surface area (Å²) in [6, 6.07) is 6.57. The third-order valence-electron chi connectivity index (χ3n) is 4.01. The number of ether oxygens (including phenoxy) is 1. The van der Waals surface area contributed by atoms with Gasteiger partial charge >= 0.3 is 0 Å². The summed E-state index contributed by atoms with van der Waals surface area (Å²) >= 11 is 0. The predicted molar refractivity (Wildman–Crippen MR) is 77.5 cm³/mol. The van der Waals surface area contributed by atoms with E-state index in [4.69, 9.17) is 4.74 Å². The molecule has 0 saturated heterocycles. The molecule has 1 aromatic carbocycles. The first-order valence-electron chi connectivity index (χ1n) is 7.08. The van der Waals surface area contributed by atoms with Gasteiger partial charge in [-0.1, -0.05) is 25.5 Å². The highest BCUT2D eigenvalue weighted by Gasteiger charge is 2.37. The summed E-state index contributed by atoms with van der Waals surface area (Å²) < 4.78 is 5.43. The molecule has 3 nitrogen and oxygen atoms in total. The fourth-order valence-electron chi connectivity index (χ4n) is 2.36. The highest BCUT2D eigenvalue weighted by atomic mass is 16.5. The smallest absolute Gasteiger partial charge is 0.125 e. The zero-order chi connectivity index (χ0) is 14.0. The van der Waals surface area contributed by atoms with Crippen LogP contribution in [0.15, 0.2) is 18.2 Å². The zero-order valence-corrected chi connectivity index (χ0v) is 12.4. The molecule has 0 bridgehead atoms. The van der Waals surface area contributed by atoms with Gasteiger partial charge in [0.05, 0.1) is 7.11 Å². The van der Waals surface area contributed by atoms with Crippen LogP contribution in [0.1, 0.15) is 37.8 Å². The van der Waals surface area contributed by atoms with Gasteiger partial charge in [0.25, 0.3) is 0 Å². The fraction of sp³-hybridized carbons (Fsp3) is 0.625. The Balaban J connectivity index is 2.32. The Morgan fingerprint density at radius 3 is 2.63 bits per heavy atom. The molecule has 1 saturated carbocycles. The average Bonchev–Trinajstić information content (AvgIpc) is 3.19. The summed E-state index contributed by atoms with van der Waals surface area (Å²) in [5.41, 5.74) is 1.14. The van der Waals surface area contributed by atoms with Crippen LogP contribution in [-0.2, 0) is 5.60 Å². The van der Waals surface area contributed by atoms with Crippen LogP contribution in [0.5, 0.6) is 5.75 Å². The van der Waals surface area contributed by atoms with Gasteiger partial charge in [-0.25, -0.2) is 0 Å². The van der Waals surface area contributed by atoms with Crippen LogP contribution in [-0.4, -0.2) is 24.8 Å². The number of nitrogens with one attached hydrogen (secondary N) is 1. The summed E-state index contributed by atoms with van der Waals surface area (Å²) in [5, 5.41) is 14.6. The molecule has 3 heteroatoms. The fourth-order valence-corrected chi connectivity index (χ4v) is 2.36. The highest BCUT2D eigenvalue weighted by Crippen LogP contribution is 2.36. The van der Waals surface area contributed by atoms with Gasteiger partial charge in [-0.05, 0) is 37.8 Å². The molecule has 106 valence electrons. The molecule has 1 aliphatic rings. The van der Waals surface area contributed by atoms with E-state index in [1.165, 1.54) is 12.8 Å². The van der Waals surface area contributed by atoms with E-state index in [-0.39, 0.29) is 5.92 Å². The normalized spacial score (nSPS) is 18.4. The molecule has 0 amide bonds. The van der Waals surface area contributed by atoms with Gasteiger partial charge in [0.2, 0.25) is 0 Å². The number of hydrogen-bond donors (Lipinski definition) is 2. The second kappa shape index (κ2) is 5.51. The van der Waals surface area contributed by atoms with Crippen molar-refractivity contribution >= 4 is 0 Å². The van der Waals surface area contributed by atoms with E-state index in [1.54, 1.807) is 7.11 Å². The molecule has 19 heavy (non-hydrogen) atoms. The largest absolute Gasteiger partial charge is 0.496 e. The van der Waals surface area contributed by atoms with Gasteiger partial charge in [-0.3, -0.25) is 0 Å². The molecule has 0 heterocycles. The Hall–Kier alpha value is -1.06. The number of methoxy groups -OCH3 is 1. The summed E-state index contributed by atoms with van der Waals surface area (Å²) in [4.78, 5) is 0. The second-order valence-electron chi connectivity index (χ2n) is 5.94. The lowest BCUT2D eigenvalue weighted by molar-refractivity contribution is -0.0115. The van der Waals surface area contributed by atoms with Crippen LogP contribution in [0.3, 0.4) is 0 Å². The van der Waals surface area contributed by atoms with Crippen LogP contribution < -0.4 is 10.1 Å². The third kappa shape index (κ3) is 3.10. The molecule has 1 unspecified atom stereocenters. The van der Waals surface area contributed by atoms with Crippen LogP contribution in [0.25, 0.3) is 0 Å². The molecule has 0 spiro atoms. The van der Waals surface area contributed by atoms with Crippen molar-refractivity contribution in [2.45, 2.75) is 45.3 Å². The maximum Gasteiger partial charge on any atom is 0.125 e. The van der Waals surface area contributed by atoms with Gasteiger partial charge in [0.15, 0.2) is 0 Å². The lowest BCUT2D eigenvalue weighted by Crippen LogP contribution is -2.43. The average molecular weight is 263 g/mol. The molecule has 1 aromatic rings. The number of aryl methyl sites for hydroxylation is 1. The van der Waals surface area contributed by atoms with E-state index in [1.807, 2.05) is 25.1 Å². The second-order valence-corrected chi connectivity index (χ2v) is 5.94. The molecule has 0 aliphatic heterocycles. The molecule has 0 aromatic heterocycles. The van der Waals surface area contributed by atoms with Crippen molar-refractivity contribution in [2.24, 2.45) is 5.92 Å². The van der Waals surface area contributed by atoms with E-state index in [0.717, 1.165) is 16.9 Å². The standard InChI is InChI=1S/C16H25NO2/c1-11(2)16(18,10-17-13-6-7-13)14-9-12(3)5-8-15(14)19-4/h5,8-9,11,13,17-18H,6-7,10H2,1-4H3. The predicted octanol–water partition coefficient (Wildman–Crippen LogP) is 2.60. The molecular weight excluding hydrogens is 238 g/mol. The summed E-state index contributed by atoms with van der Waals surface area (Å²) in [5.74, 6) is 0.883. The summed E-state index contributed by atoms with van der Waals surface area (Å²) in [6.45, 7) is 6.72. The highest BCUT2D eigenvalue weighted by molar-refractivity contribution is 5.41. The van der Waals surface area contributed by atoms with E-state index in [2.05, 4.69) is 19.2 Å². The molecule has 1 fully saturated rings. The minimum Gasteiger partial charge on any atom is -0.496 e. The van der Waals surface area contributed by atoms with Gasteiger partial charge in [0, 0.05) is 18.2 Å². The third-order valence-corrected chi connectivity index (χ3v) is 4.01. The van der Waals surface area contributed by atoms with Crippen LogP contribution in [0.2, 0.25) is 0 Å². The number of aliphatic hydroxyl groups is 1. The lowest BCUT2D eigenvalue weighted by atomic mass is 9.82. The first-order chi connectivity index (χ1) is 8.97. The van der Waals surface area contributed by atoms with Crippen LogP contribution >= 0.6 is 0 Å². The minimum atomic E-state index is -0.889. The molecule has 0 radical (unpaired) electrons. The Bertz CT molecular complexity index is 440. The molecule has 2 N–H and O–H groups in total. The number of benzene rings is 1. The van der Waals surface area contributed by atoms with Gasteiger partial charge < -0.3 is 15.2 Å². The van der Waals surface area contributed by atoms with Crippen molar-refractivity contribution in [1.29, 1.82) is 0 Å². The van der Waals surface area contributed by atoms with E-state index >= 15 is 0 Å². The number of hydrogen-bond acceptors (Lipinski definition) is 3. The van der Waals surface area contributed by atoms with Crippen molar-refractivity contribution in [3.63, 3.8) is 0 Å². The Morgan fingerprint density at radius 2 is 2.11 bits per heavy atom. The summed E-state index contributed by atoms with van der Waals surface area (Å²) in [7, 11) is 1.66. The van der Waals surface area contributed by atoms with Crippen molar-refractivity contribution in [3.05, 3.63) is 29.3 Å². The van der Waals surface area contributed by atoms with Gasteiger partial charge in [-0.2, -0.15) is 0 Å². The van der Waals surface area contributed by atoms with Crippen molar-refractivity contribution in [2.75, 3.05) is 13.7 Å². The lowest BCUT2D eigenvalue weighted by Gasteiger charge is -2.34. The van der Waals surface area contributed by atoms with Crippen molar-refractivity contribution in [1.82, 2.24) is 5.32 Å². The SMILES string of the molecule is COc1ccc(C)cc1C(O)(CNC1CC1)C(C)C. The minimum absolute atomic E-state index is 0.120. The monoisotopic (exact) mass is 263 g/mol. The Morgan fingerprint density at radius 1 is 1.42 bits per heavy atom. The Kier molecular flexibility index (Phi) is 4.16. The van der Waals surface area contributed by atoms with E-state index < -0.39 is 5.60 Å². The van der Waals surface area contributed by atoms with E-state index in [0.29, 0.717) is 12.6 Å².